The van der Waals surface area contributed by atoms with Gasteiger partial charge in [-0.15, -0.1) is 0 Å². The summed E-state index contributed by atoms with van der Waals surface area (Å²) < 4.78 is 5.75. The van der Waals surface area contributed by atoms with Crippen LogP contribution in [-0.4, -0.2) is 17.6 Å². The van der Waals surface area contributed by atoms with Crippen LogP contribution in [-0.2, 0) is 0 Å². The molecule has 0 radical (unpaired) electrons. The Kier molecular flexibility index (Phi) is 4.85. The summed E-state index contributed by atoms with van der Waals surface area (Å²) in [7, 11) is 0. The van der Waals surface area contributed by atoms with E-state index < -0.39 is 5.91 Å². The number of nitrogens with two attached hydrogens (primary N) is 1. The van der Waals surface area contributed by atoms with Crippen molar-refractivity contribution in [2.24, 2.45) is 5.73 Å². The summed E-state index contributed by atoms with van der Waals surface area (Å²) in [5, 5.41) is 10.3. The number of hydrogen-bond donors (Lipinski definition) is 2. The monoisotopic (exact) mass is 371 g/mol. The topological polar surface area (TPSA) is 72.6 Å². The lowest BCUT2D eigenvalue weighted by molar-refractivity contribution is 0.0996. The summed E-state index contributed by atoms with van der Waals surface area (Å²) in [6, 6.07) is 20.8. The van der Waals surface area contributed by atoms with Crippen molar-refractivity contribution in [1.29, 1.82) is 0 Å². The minimum atomic E-state index is -0.489. The van der Waals surface area contributed by atoms with Crippen molar-refractivity contribution in [3.63, 3.8) is 0 Å². The zero-order valence-corrected chi connectivity index (χ0v) is 15.4. The minimum Gasteiger partial charge on any atom is -0.507 e. The molecule has 1 amide bonds. The number of fused-ring (bicyclic) bond motifs is 3. The molecular weight excluding hydrogens is 350 g/mol. The first-order valence-electron chi connectivity index (χ1n) is 9.30. The Balaban J connectivity index is 1.48. The van der Waals surface area contributed by atoms with E-state index in [0.717, 1.165) is 40.7 Å². The molecule has 1 aliphatic carbocycles. The average molecular weight is 371 g/mol. The Bertz CT molecular complexity index is 1070. The molecule has 0 fully saturated rings. The van der Waals surface area contributed by atoms with E-state index in [9.17, 15) is 9.90 Å². The summed E-state index contributed by atoms with van der Waals surface area (Å²) in [5.41, 5.74) is 11.1. The van der Waals surface area contributed by atoms with Gasteiger partial charge in [0, 0.05) is 5.56 Å². The lowest BCUT2D eigenvalue weighted by atomic mass is 10.0. The number of phenols is 1. The van der Waals surface area contributed by atoms with Gasteiger partial charge in [0.1, 0.15) is 11.5 Å². The molecule has 0 atom stereocenters. The quantitative estimate of drug-likeness (QED) is 0.480. The average Bonchev–Trinajstić information content (AvgIpc) is 3.03. The maximum Gasteiger partial charge on any atom is 0.252 e. The third-order valence-corrected chi connectivity index (χ3v) is 4.93. The summed E-state index contributed by atoms with van der Waals surface area (Å²) in [5.74, 6) is 0.334. The minimum absolute atomic E-state index is 0.305. The second-order valence-electron chi connectivity index (χ2n) is 6.71. The predicted molar refractivity (Wildman–Crippen MR) is 110 cm³/mol. The van der Waals surface area contributed by atoms with Crippen molar-refractivity contribution in [1.82, 2.24) is 0 Å². The van der Waals surface area contributed by atoms with Crippen molar-refractivity contribution in [2.45, 2.75) is 12.8 Å². The maximum atomic E-state index is 11.5. The predicted octanol–water partition coefficient (Wildman–Crippen LogP) is 4.76. The number of phenolic OH excluding ortho intramolecular Hbond substituents is 1. The molecular formula is C24H21NO3. The van der Waals surface area contributed by atoms with Gasteiger partial charge in [0.2, 0.25) is 0 Å². The van der Waals surface area contributed by atoms with Crippen molar-refractivity contribution >= 4 is 11.5 Å². The fourth-order valence-corrected chi connectivity index (χ4v) is 3.66. The number of allylic oxidation sites excluding steroid dienone is 1. The van der Waals surface area contributed by atoms with Crippen molar-refractivity contribution in [3.05, 3.63) is 89.5 Å². The van der Waals surface area contributed by atoms with Crippen LogP contribution in [0.25, 0.3) is 16.7 Å². The Labute approximate surface area is 163 Å². The van der Waals surface area contributed by atoms with Gasteiger partial charge in [0.15, 0.2) is 0 Å². The third kappa shape index (κ3) is 3.25. The zero-order valence-electron chi connectivity index (χ0n) is 15.4. The lowest BCUT2D eigenvalue weighted by Gasteiger charge is -2.09. The van der Waals surface area contributed by atoms with Gasteiger partial charge in [0.25, 0.3) is 5.91 Å². The van der Waals surface area contributed by atoms with E-state index in [-0.39, 0.29) is 0 Å². The molecule has 0 spiro atoms. The Morgan fingerprint density at radius 1 is 0.929 bits per heavy atom. The zero-order chi connectivity index (χ0) is 19.5. The summed E-state index contributed by atoms with van der Waals surface area (Å²) in [6.07, 6.45) is 3.80. The smallest absolute Gasteiger partial charge is 0.252 e. The second kappa shape index (κ2) is 7.61. The molecule has 0 saturated heterocycles. The number of aromatic hydroxyl groups is 1. The van der Waals surface area contributed by atoms with E-state index in [0.29, 0.717) is 23.7 Å². The fraction of sp³-hybridized carbons (Fsp3) is 0.125. The van der Waals surface area contributed by atoms with Crippen LogP contribution in [0.2, 0.25) is 0 Å². The van der Waals surface area contributed by atoms with Crippen LogP contribution in [0.15, 0.2) is 72.8 Å². The van der Waals surface area contributed by atoms with Crippen LogP contribution >= 0.6 is 0 Å². The first kappa shape index (κ1) is 17.9. The maximum absolute atomic E-state index is 11.5. The fourth-order valence-electron chi connectivity index (χ4n) is 3.66. The Morgan fingerprint density at radius 3 is 2.46 bits per heavy atom. The Morgan fingerprint density at radius 2 is 1.64 bits per heavy atom. The third-order valence-electron chi connectivity index (χ3n) is 4.93. The van der Waals surface area contributed by atoms with Crippen LogP contribution in [0.5, 0.6) is 11.5 Å². The first-order valence-corrected chi connectivity index (χ1v) is 9.30. The molecule has 0 bridgehead atoms. The highest BCUT2D eigenvalue weighted by atomic mass is 16.5. The molecule has 0 aliphatic heterocycles. The number of rotatable bonds is 6. The normalized spacial score (nSPS) is 13.2. The molecule has 28 heavy (non-hydrogen) atoms. The van der Waals surface area contributed by atoms with E-state index in [1.165, 1.54) is 0 Å². The van der Waals surface area contributed by atoms with Crippen LogP contribution in [0, 0.1) is 0 Å². The molecule has 3 aromatic rings. The molecule has 0 saturated carbocycles. The molecule has 1 aliphatic rings. The highest BCUT2D eigenvalue weighted by Crippen LogP contribution is 2.48. The van der Waals surface area contributed by atoms with Crippen molar-refractivity contribution in [2.75, 3.05) is 6.61 Å². The van der Waals surface area contributed by atoms with Gasteiger partial charge >= 0.3 is 0 Å². The van der Waals surface area contributed by atoms with Crippen LogP contribution < -0.4 is 10.5 Å². The number of benzene rings is 3. The van der Waals surface area contributed by atoms with Gasteiger partial charge in [-0.2, -0.15) is 0 Å². The number of ether oxygens (including phenoxy) is 1. The second-order valence-corrected chi connectivity index (χ2v) is 6.71. The van der Waals surface area contributed by atoms with Gasteiger partial charge in [-0.05, 0) is 53.3 Å². The number of unbranched alkanes of at least 4 members (excludes halogenated alkanes) is 1. The van der Waals surface area contributed by atoms with Crippen molar-refractivity contribution < 1.29 is 14.6 Å². The van der Waals surface area contributed by atoms with E-state index in [1.54, 1.807) is 24.3 Å². The number of primary amides is 1. The van der Waals surface area contributed by atoms with Gasteiger partial charge in [-0.3, -0.25) is 4.79 Å². The molecule has 0 aromatic heterocycles. The van der Waals surface area contributed by atoms with Gasteiger partial charge in [-0.25, -0.2) is 0 Å². The van der Waals surface area contributed by atoms with E-state index >= 15 is 0 Å². The van der Waals surface area contributed by atoms with Gasteiger partial charge in [-0.1, -0.05) is 54.6 Å². The number of para-hydroxylation sites is 1. The molecule has 3 aromatic carbocycles. The molecule has 4 nitrogen and oxygen atoms in total. The SMILES string of the molecule is NC(=O)c1ccccc1OCCC/C=C1\c2ccccc2-c2c(O)cccc21. The first-order chi connectivity index (χ1) is 13.7. The molecule has 140 valence electrons. The largest absolute Gasteiger partial charge is 0.507 e. The molecule has 4 heteroatoms. The van der Waals surface area contributed by atoms with E-state index in [1.807, 2.05) is 36.4 Å². The van der Waals surface area contributed by atoms with Crippen LogP contribution in [0.3, 0.4) is 0 Å². The molecule has 3 N–H and O–H groups in total. The van der Waals surface area contributed by atoms with Crippen LogP contribution in [0.1, 0.15) is 34.3 Å². The Hall–Kier alpha value is -3.53. The van der Waals surface area contributed by atoms with Crippen molar-refractivity contribution in [3.8, 4) is 22.6 Å². The van der Waals surface area contributed by atoms with Gasteiger partial charge < -0.3 is 15.6 Å². The summed E-state index contributed by atoms with van der Waals surface area (Å²) in [6.45, 7) is 0.489. The van der Waals surface area contributed by atoms with E-state index in [2.05, 4.69) is 12.1 Å². The van der Waals surface area contributed by atoms with Crippen LogP contribution in [0.4, 0.5) is 0 Å². The standard InChI is InChI=1S/C24H21NO3/c25-24(27)20-11-3-4-14-22(20)28-15-6-5-9-17-16-8-1-2-10-18(16)23-19(17)12-7-13-21(23)26/h1-4,7-14,26H,5-6,15H2,(H2,25,27)/b17-9+. The number of carbonyl (C=O) groups is 1. The number of carbonyl (C=O) groups excluding carboxylic acids is 1. The van der Waals surface area contributed by atoms with E-state index in [4.69, 9.17) is 10.5 Å². The van der Waals surface area contributed by atoms with Gasteiger partial charge in [0.05, 0.1) is 12.2 Å². The summed E-state index contributed by atoms with van der Waals surface area (Å²) >= 11 is 0. The highest BCUT2D eigenvalue weighted by molar-refractivity contribution is 6.03. The molecule has 0 unspecified atom stereocenters. The number of hydrogen-bond acceptors (Lipinski definition) is 3. The summed E-state index contributed by atoms with van der Waals surface area (Å²) in [4.78, 5) is 11.5. The molecule has 4 rings (SSSR count). The number of amides is 1. The highest BCUT2D eigenvalue weighted by Gasteiger charge is 2.24. The lowest BCUT2D eigenvalue weighted by Crippen LogP contribution is -2.13. The molecule has 0 heterocycles.